The van der Waals surface area contributed by atoms with Gasteiger partial charge in [0.15, 0.2) is 5.65 Å². The predicted octanol–water partition coefficient (Wildman–Crippen LogP) is 4.44. The van der Waals surface area contributed by atoms with Crippen LogP contribution in [0.5, 0.6) is 11.5 Å². The van der Waals surface area contributed by atoms with Crippen LogP contribution in [0.2, 0.25) is 0 Å². The Labute approximate surface area is 189 Å². The zero-order chi connectivity index (χ0) is 23.3. The van der Waals surface area contributed by atoms with Gasteiger partial charge in [0.25, 0.3) is 0 Å². The summed E-state index contributed by atoms with van der Waals surface area (Å²) in [4.78, 5) is 25.8. The Hall–Kier alpha value is -4.33. The van der Waals surface area contributed by atoms with Crippen molar-refractivity contribution in [2.24, 2.45) is 0 Å². The summed E-state index contributed by atoms with van der Waals surface area (Å²) in [5.74, 6) is 0.718. The Balaban J connectivity index is 1.75. The van der Waals surface area contributed by atoms with Crippen molar-refractivity contribution in [2.45, 2.75) is 20.8 Å². The smallest absolute Gasteiger partial charge is 0.215 e. The summed E-state index contributed by atoms with van der Waals surface area (Å²) in [7, 11) is 0. The molecule has 0 bridgehead atoms. The number of carbonyl (C=O) groups excluding carboxylic acids is 1. The SMILES string of the molecule is CCOc1cccc2cc(C(=O)c3c(N)n(-c4c(C)ccc(O)c4C)c4nccnc34)[nH]c12. The number of phenolic OH excluding ortho intramolecular Hbond substituents is 1. The van der Waals surface area contributed by atoms with Gasteiger partial charge < -0.3 is 20.6 Å². The van der Waals surface area contributed by atoms with Gasteiger partial charge in [0.2, 0.25) is 5.78 Å². The third kappa shape index (κ3) is 3.10. The molecule has 3 heterocycles. The number of nitrogens with zero attached hydrogens (tertiary/aromatic N) is 3. The van der Waals surface area contributed by atoms with Crippen molar-refractivity contribution >= 4 is 33.7 Å². The molecule has 2 aromatic carbocycles. The first kappa shape index (κ1) is 20.6. The third-order valence-electron chi connectivity index (χ3n) is 5.84. The third-order valence-corrected chi connectivity index (χ3v) is 5.84. The van der Waals surface area contributed by atoms with Gasteiger partial charge in [-0.05, 0) is 44.5 Å². The number of nitrogen functional groups attached to an aromatic ring is 1. The van der Waals surface area contributed by atoms with Crippen LogP contribution in [0.15, 0.2) is 48.8 Å². The Morgan fingerprint density at radius 2 is 1.97 bits per heavy atom. The second kappa shape index (κ2) is 7.67. The molecule has 0 atom stereocenters. The fourth-order valence-corrected chi connectivity index (χ4v) is 4.30. The van der Waals surface area contributed by atoms with E-state index < -0.39 is 0 Å². The van der Waals surface area contributed by atoms with Gasteiger partial charge in [-0.2, -0.15) is 0 Å². The number of carbonyl (C=O) groups is 1. The van der Waals surface area contributed by atoms with Gasteiger partial charge in [0, 0.05) is 23.3 Å². The molecule has 0 unspecified atom stereocenters. The van der Waals surface area contributed by atoms with Gasteiger partial charge in [-0.15, -0.1) is 0 Å². The molecule has 0 fully saturated rings. The van der Waals surface area contributed by atoms with E-state index in [9.17, 15) is 9.90 Å². The first-order valence-electron chi connectivity index (χ1n) is 10.6. The number of nitrogens with one attached hydrogen (secondary N) is 1. The van der Waals surface area contributed by atoms with Crippen LogP contribution in [-0.2, 0) is 0 Å². The summed E-state index contributed by atoms with van der Waals surface area (Å²) in [5, 5.41) is 11.2. The van der Waals surface area contributed by atoms with E-state index in [1.807, 2.05) is 32.0 Å². The van der Waals surface area contributed by atoms with Crippen molar-refractivity contribution in [1.82, 2.24) is 19.5 Å². The highest BCUT2D eigenvalue weighted by Crippen LogP contribution is 2.36. The normalized spacial score (nSPS) is 11.4. The lowest BCUT2D eigenvalue weighted by molar-refractivity contribution is 0.103. The van der Waals surface area contributed by atoms with Crippen molar-refractivity contribution in [2.75, 3.05) is 12.3 Å². The number of para-hydroxylation sites is 1. The molecule has 3 aromatic heterocycles. The molecule has 8 nitrogen and oxygen atoms in total. The van der Waals surface area contributed by atoms with E-state index in [1.165, 1.54) is 6.20 Å². The Morgan fingerprint density at radius 1 is 1.18 bits per heavy atom. The molecule has 0 aliphatic heterocycles. The van der Waals surface area contributed by atoms with E-state index in [0.717, 1.165) is 16.5 Å². The van der Waals surface area contributed by atoms with Crippen LogP contribution in [0.25, 0.3) is 27.8 Å². The Morgan fingerprint density at radius 3 is 2.76 bits per heavy atom. The van der Waals surface area contributed by atoms with E-state index in [4.69, 9.17) is 10.5 Å². The molecule has 0 aliphatic rings. The number of hydrogen-bond donors (Lipinski definition) is 3. The minimum atomic E-state index is -0.300. The maximum atomic E-state index is 13.7. The van der Waals surface area contributed by atoms with Crippen molar-refractivity contribution < 1.29 is 14.6 Å². The summed E-state index contributed by atoms with van der Waals surface area (Å²) >= 11 is 0. The lowest BCUT2D eigenvalue weighted by Crippen LogP contribution is -2.09. The van der Waals surface area contributed by atoms with E-state index in [0.29, 0.717) is 40.5 Å². The van der Waals surface area contributed by atoms with Crippen LogP contribution >= 0.6 is 0 Å². The molecule has 33 heavy (non-hydrogen) atoms. The van der Waals surface area contributed by atoms with Gasteiger partial charge in [-0.1, -0.05) is 18.2 Å². The van der Waals surface area contributed by atoms with Crippen LogP contribution in [0, 0.1) is 13.8 Å². The lowest BCUT2D eigenvalue weighted by atomic mass is 10.1. The number of ether oxygens (including phenoxy) is 1. The number of phenols is 1. The fraction of sp³-hybridized carbons (Fsp3) is 0.160. The monoisotopic (exact) mass is 441 g/mol. The topological polar surface area (TPSA) is 119 Å². The summed E-state index contributed by atoms with van der Waals surface area (Å²) in [6.45, 7) is 6.14. The van der Waals surface area contributed by atoms with Gasteiger partial charge in [0.05, 0.1) is 29.1 Å². The van der Waals surface area contributed by atoms with Crippen molar-refractivity contribution in [3.05, 3.63) is 71.2 Å². The molecule has 166 valence electrons. The fourth-order valence-electron chi connectivity index (χ4n) is 4.30. The quantitative estimate of drug-likeness (QED) is 0.347. The molecule has 4 N–H and O–H groups in total. The number of aromatic hydroxyl groups is 1. The highest BCUT2D eigenvalue weighted by Gasteiger charge is 2.27. The molecule has 0 radical (unpaired) electrons. The van der Waals surface area contributed by atoms with Crippen LogP contribution < -0.4 is 10.5 Å². The zero-order valence-electron chi connectivity index (χ0n) is 18.5. The van der Waals surface area contributed by atoms with Crippen LogP contribution in [0.3, 0.4) is 0 Å². The largest absolute Gasteiger partial charge is 0.508 e. The maximum absolute atomic E-state index is 13.7. The summed E-state index contributed by atoms with van der Waals surface area (Å²) in [6, 6.07) is 10.9. The number of aromatic amines is 1. The number of ketones is 1. The number of aryl methyl sites for hydroxylation is 1. The first-order valence-corrected chi connectivity index (χ1v) is 10.6. The number of aromatic nitrogens is 4. The Bertz CT molecular complexity index is 1550. The van der Waals surface area contributed by atoms with Crippen molar-refractivity contribution in [3.8, 4) is 17.2 Å². The Kier molecular flexibility index (Phi) is 4.78. The summed E-state index contributed by atoms with van der Waals surface area (Å²) < 4.78 is 7.38. The maximum Gasteiger partial charge on any atom is 0.215 e. The van der Waals surface area contributed by atoms with E-state index >= 15 is 0 Å². The zero-order valence-corrected chi connectivity index (χ0v) is 18.5. The second-order valence-electron chi connectivity index (χ2n) is 7.86. The van der Waals surface area contributed by atoms with Gasteiger partial charge >= 0.3 is 0 Å². The number of benzene rings is 2. The number of nitrogens with two attached hydrogens (primary N) is 1. The van der Waals surface area contributed by atoms with Gasteiger partial charge in [0.1, 0.15) is 22.8 Å². The minimum absolute atomic E-state index is 0.132. The van der Waals surface area contributed by atoms with E-state index in [1.54, 1.807) is 35.9 Å². The van der Waals surface area contributed by atoms with Crippen LogP contribution in [0.1, 0.15) is 34.1 Å². The average Bonchev–Trinajstić information content (AvgIpc) is 3.37. The van der Waals surface area contributed by atoms with E-state index in [-0.39, 0.29) is 22.9 Å². The van der Waals surface area contributed by atoms with Crippen LogP contribution in [0.4, 0.5) is 5.82 Å². The summed E-state index contributed by atoms with van der Waals surface area (Å²) in [5.41, 5.74) is 11.0. The first-order chi connectivity index (χ1) is 15.9. The predicted molar refractivity (Wildman–Crippen MR) is 127 cm³/mol. The average molecular weight is 441 g/mol. The molecule has 0 saturated heterocycles. The number of anilines is 1. The number of H-pyrrole nitrogens is 1. The summed E-state index contributed by atoms with van der Waals surface area (Å²) in [6.07, 6.45) is 3.08. The molecule has 8 heteroatoms. The second-order valence-corrected chi connectivity index (χ2v) is 7.86. The van der Waals surface area contributed by atoms with E-state index in [2.05, 4.69) is 15.0 Å². The van der Waals surface area contributed by atoms with Gasteiger partial charge in [-0.25, -0.2) is 4.98 Å². The molecular formula is C25H23N5O3. The molecule has 0 spiro atoms. The number of hydrogen-bond acceptors (Lipinski definition) is 6. The van der Waals surface area contributed by atoms with Crippen molar-refractivity contribution in [3.63, 3.8) is 0 Å². The van der Waals surface area contributed by atoms with Gasteiger partial charge in [-0.3, -0.25) is 14.3 Å². The molecular weight excluding hydrogens is 418 g/mol. The molecule has 0 aliphatic carbocycles. The molecule has 0 saturated carbocycles. The molecule has 0 amide bonds. The molecule has 5 aromatic rings. The van der Waals surface area contributed by atoms with Crippen LogP contribution in [-0.4, -0.2) is 37.0 Å². The highest BCUT2D eigenvalue weighted by atomic mass is 16.5. The highest BCUT2D eigenvalue weighted by molar-refractivity contribution is 6.19. The number of fused-ring (bicyclic) bond motifs is 2. The number of rotatable bonds is 5. The minimum Gasteiger partial charge on any atom is -0.508 e. The van der Waals surface area contributed by atoms with Crippen molar-refractivity contribution in [1.29, 1.82) is 0 Å². The molecule has 5 rings (SSSR count). The lowest BCUT2D eigenvalue weighted by Gasteiger charge is -2.15. The standard InChI is InChI=1S/C25H23N5O3/c1-4-33-18-7-5-6-15-12-16(29-20(15)18)23(32)19-21-25(28-11-10-27-21)30(24(19)26)22-13(2)8-9-17(31)14(22)3/h5-12,29,31H,4,26H2,1-3H3.